The van der Waals surface area contributed by atoms with E-state index in [-0.39, 0.29) is 11.1 Å². The summed E-state index contributed by atoms with van der Waals surface area (Å²) in [5.74, 6) is 0.875. The standard InChI is InChI=1S/C25H28BrNO2Si/c1-25(2,3)30(21-10-6-4-7-11-21,22-12-8-5-9-13-22)28-18-20-17-27-23-16-19(26)14-15-24(23)29-20/h4-16,20,27H,17-18H2,1-3H3. The predicted molar refractivity (Wildman–Crippen MR) is 131 cm³/mol. The minimum atomic E-state index is -2.55. The second-order valence-corrected chi connectivity index (χ2v) is 14.0. The molecule has 1 atom stereocenters. The van der Waals surface area contributed by atoms with E-state index in [1.165, 1.54) is 10.4 Å². The van der Waals surface area contributed by atoms with Crippen LogP contribution in [0.2, 0.25) is 5.04 Å². The van der Waals surface area contributed by atoms with Crippen molar-refractivity contribution < 1.29 is 9.16 Å². The molecular weight excluding hydrogens is 454 g/mol. The lowest BCUT2D eigenvalue weighted by molar-refractivity contribution is 0.127. The molecule has 0 saturated carbocycles. The van der Waals surface area contributed by atoms with Crippen molar-refractivity contribution in [3.63, 3.8) is 0 Å². The highest BCUT2D eigenvalue weighted by Crippen LogP contribution is 2.37. The molecule has 0 aliphatic carbocycles. The van der Waals surface area contributed by atoms with Gasteiger partial charge < -0.3 is 14.5 Å². The summed E-state index contributed by atoms with van der Waals surface area (Å²) in [4.78, 5) is 0. The van der Waals surface area contributed by atoms with Crippen LogP contribution in [0.3, 0.4) is 0 Å². The molecule has 1 unspecified atom stereocenters. The normalized spacial score (nSPS) is 16.3. The quantitative estimate of drug-likeness (QED) is 0.508. The average Bonchev–Trinajstić information content (AvgIpc) is 2.75. The largest absolute Gasteiger partial charge is 0.484 e. The highest BCUT2D eigenvalue weighted by Gasteiger charge is 2.50. The summed E-state index contributed by atoms with van der Waals surface area (Å²) in [7, 11) is -2.55. The first-order chi connectivity index (χ1) is 14.4. The van der Waals surface area contributed by atoms with Gasteiger partial charge in [-0.05, 0) is 33.6 Å². The van der Waals surface area contributed by atoms with Gasteiger partial charge in [-0.3, -0.25) is 0 Å². The van der Waals surface area contributed by atoms with Crippen molar-refractivity contribution >= 4 is 40.3 Å². The lowest BCUT2D eigenvalue weighted by atomic mass is 10.2. The summed E-state index contributed by atoms with van der Waals surface area (Å²) < 4.78 is 14.3. The van der Waals surface area contributed by atoms with Gasteiger partial charge in [-0.15, -0.1) is 0 Å². The lowest BCUT2D eigenvalue weighted by Gasteiger charge is -2.44. The van der Waals surface area contributed by atoms with Crippen LogP contribution < -0.4 is 20.4 Å². The van der Waals surface area contributed by atoms with Crippen LogP contribution in [0.5, 0.6) is 5.75 Å². The Morgan fingerprint density at radius 3 is 2.13 bits per heavy atom. The zero-order valence-corrected chi connectivity index (χ0v) is 20.3. The maximum absolute atomic E-state index is 7.01. The third-order valence-corrected chi connectivity index (χ3v) is 11.2. The van der Waals surface area contributed by atoms with Crippen molar-refractivity contribution in [2.45, 2.75) is 31.9 Å². The van der Waals surface area contributed by atoms with Crippen LogP contribution in [0.1, 0.15) is 20.8 Å². The number of halogens is 1. The van der Waals surface area contributed by atoms with Gasteiger partial charge in [-0.1, -0.05) is 97.4 Å². The van der Waals surface area contributed by atoms with Crippen molar-refractivity contribution in [1.29, 1.82) is 0 Å². The fraction of sp³-hybridized carbons (Fsp3) is 0.280. The van der Waals surface area contributed by atoms with E-state index in [9.17, 15) is 0 Å². The second kappa shape index (κ2) is 8.58. The van der Waals surface area contributed by atoms with Gasteiger partial charge in [0.15, 0.2) is 0 Å². The van der Waals surface area contributed by atoms with Crippen LogP contribution in [-0.2, 0) is 4.43 Å². The summed E-state index contributed by atoms with van der Waals surface area (Å²) in [6.45, 7) is 8.15. The molecule has 3 nitrogen and oxygen atoms in total. The number of ether oxygens (including phenoxy) is 1. The van der Waals surface area contributed by atoms with Gasteiger partial charge in [0, 0.05) is 4.47 Å². The van der Waals surface area contributed by atoms with E-state index >= 15 is 0 Å². The minimum absolute atomic E-state index is 0.0411. The van der Waals surface area contributed by atoms with Crippen molar-refractivity contribution in [2.75, 3.05) is 18.5 Å². The Bertz CT molecular complexity index is 950. The van der Waals surface area contributed by atoms with Crippen molar-refractivity contribution in [3.05, 3.63) is 83.3 Å². The van der Waals surface area contributed by atoms with Crippen LogP contribution in [0.15, 0.2) is 83.3 Å². The monoisotopic (exact) mass is 481 g/mol. The van der Waals surface area contributed by atoms with E-state index in [0.29, 0.717) is 6.61 Å². The number of hydrogen-bond acceptors (Lipinski definition) is 3. The van der Waals surface area contributed by atoms with Gasteiger partial charge in [0.2, 0.25) is 0 Å². The van der Waals surface area contributed by atoms with Crippen molar-refractivity contribution in [3.8, 4) is 5.75 Å². The molecule has 0 spiro atoms. The molecule has 0 bridgehead atoms. The summed E-state index contributed by atoms with van der Waals surface area (Å²) in [5, 5.41) is 6.02. The zero-order valence-electron chi connectivity index (χ0n) is 17.7. The van der Waals surface area contributed by atoms with Gasteiger partial charge in [0.25, 0.3) is 8.32 Å². The maximum Gasteiger partial charge on any atom is 0.261 e. The summed E-state index contributed by atoms with van der Waals surface area (Å²) in [6.07, 6.45) is -0.0414. The van der Waals surface area contributed by atoms with E-state index in [1.54, 1.807) is 0 Å². The molecule has 0 amide bonds. The smallest absolute Gasteiger partial charge is 0.261 e. The minimum Gasteiger partial charge on any atom is -0.484 e. The third-order valence-electron chi connectivity index (χ3n) is 5.66. The van der Waals surface area contributed by atoms with Crippen LogP contribution >= 0.6 is 15.9 Å². The predicted octanol–water partition coefficient (Wildman–Crippen LogP) is 5.20. The Labute approximate surface area is 188 Å². The molecule has 0 saturated heterocycles. The fourth-order valence-corrected chi connectivity index (χ4v) is 9.21. The van der Waals surface area contributed by atoms with E-state index in [2.05, 4.69) is 109 Å². The Morgan fingerprint density at radius 1 is 0.967 bits per heavy atom. The average molecular weight is 482 g/mol. The van der Waals surface area contributed by atoms with Gasteiger partial charge >= 0.3 is 0 Å². The van der Waals surface area contributed by atoms with Crippen LogP contribution in [0.4, 0.5) is 5.69 Å². The Morgan fingerprint density at radius 2 is 1.57 bits per heavy atom. The molecule has 5 heteroatoms. The number of fused-ring (bicyclic) bond motifs is 1. The van der Waals surface area contributed by atoms with Crippen LogP contribution in [-0.4, -0.2) is 27.6 Å². The molecule has 1 aliphatic rings. The first-order valence-electron chi connectivity index (χ1n) is 10.4. The van der Waals surface area contributed by atoms with Crippen molar-refractivity contribution in [2.24, 2.45) is 0 Å². The molecule has 1 N–H and O–H groups in total. The first-order valence-corrected chi connectivity index (χ1v) is 13.1. The number of hydrogen-bond donors (Lipinski definition) is 1. The van der Waals surface area contributed by atoms with Crippen LogP contribution in [0.25, 0.3) is 0 Å². The molecule has 0 radical (unpaired) electrons. The van der Waals surface area contributed by atoms with Crippen LogP contribution in [0, 0.1) is 0 Å². The van der Waals surface area contributed by atoms with Gasteiger partial charge in [-0.2, -0.15) is 0 Å². The summed E-state index contributed by atoms with van der Waals surface area (Å²) in [6, 6.07) is 27.5. The van der Waals surface area contributed by atoms with Gasteiger partial charge in [0.1, 0.15) is 11.9 Å². The molecule has 156 valence electrons. The highest BCUT2D eigenvalue weighted by atomic mass is 79.9. The number of benzene rings is 3. The molecule has 3 aromatic rings. The molecule has 1 aliphatic heterocycles. The van der Waals surface area contributed by atoms with E-state index in [4.69, 9.17) is 9.16 Å². The topological polar surface area (TPSA) is 30.5 Å². The third kappa shape index (κ3) is 4.06. The van der Waals surface area contributed by atoms with E-state index < -0.39 is 8.32 Å². The molecule has 3 aromatic carbocycles. The molecule has 0 fully saturated rings. The number of rotatable bonds is 5. The van der Waals surface area contributed by atoms with Gasteiger partial charge in [-0.25, -0.2) is 0 Å². The Balaban J connectivity index is 1.67. The molecule has 1 heterocycles. The van der Waals surface area contributed by atoms with E-state index in [0.717, 1.165) is 22.5 Å². The molecular formula is C25H28BrNO2Si. The summed E-state index contributed by atoms with van der Waals surface area (Å²) in [5.41, 5.74) is 1.02. The number of nitrogens with one attached hydrogen (secondary N) is 1. The maximum atomic E-state index is 7.01. The second-order valence-electron chi connectivity index (χ2n) is 8.74. The Hall–Kier alpha value is -2.08. The molecule has 4 rings (SSSR count). The molecule has 30 heavy (non-hydrogen) atoms. The fourth-order valence-electron chi connectivity index (χ4n) is 4.26. The zero-order chi connectivity index (χ0) is 21.2. The van der Waals surface area contributed by atoms with E-state index in [1.807, 2.05) is 12.1 Å². The van der Waals surface area contributed by atoms with Crippen molar-refractivity contribution in [1.82, 2.24) is 0 Å². The van der Waals surface area contributed by atoms with Gasteiger partial charge in [0.05, 0.1) is 18.8 Å². The Kier molecular flexibility index (Phi) is 6.05. The summed E-state index contributed by atoms with van der Waals surface area (Å²) >= 11 is 3.52. The lowest BCUT2D eigenvalue weighted by Crippen LogP contribution is -2.67. The SMILES string of the molecule is CC(C)(C)[Si](OCC1CNc2cc(Br)ccc2O1)(c1ccccc1)c1ccccc1. The highest BCUT2D eigenvalue weighted by molar-refractivity contribution is 9.10. The number of anilines is 1. The molecule has 0 aromatic heterocycles. The first kappa shape index (κ1) is 21.2.